The molecule has 0 heteroatoms. The van der Waals surface area contributed by atoms with Gasteiger partial charge in [0.15, 0.2) is 0 Å². The zero-order valence-corrected chi connectivity index (χ0v) is 16.1. The summed E-state index contributed by atoms with van der Waals surface area (Å²) in [4.78, 5) is 0. The van der Waals surface area contributed by atoms with Crippen LogP contribution in [0.3, 0.4) is 0 Å². The van der Waals surface area contributed by atoms with Crippen LogP contribution in [0, 0.1) is 35.5 Å². The minimum absolute atomic E-state index is 1.07. The molecule has 0 saturated heterocycles. The summed E-state index contributed by atoms with van der Waals surface area (Å²) in [5, 5.41) is 0. The zero-order chi connectivity index (χ0) is 16.1. The van der Waals surface area contributed by atoms with Gasteiger partial charge in [0.05, 0.1) is 0 Å². The van der Waals surface area contributed by atoms with Gasteiger partial charge in [0.2, 0.25) is 0 Å². The highest BCUT2D eigenvalue weighted by molar-refractivity contribution is 4.86. The first-order valence-electron chi connectivity index (χ1n) is 11.3. The lowest BCUT2D eigenvalue weighted by molar-refractivity contribution is 0.0994. The van der Waals surface area contributed by atoms with E-state index < -0.39 is 0 Å². The minimum Gasteiger partial charge on any atom is -0.0654 e. The van der Waals surface area contributed by atoms with Gasteiger partial charge in [0.25, 0.3) is 0 Å². The monoisotopic (exact) mass is 318 g/mol. The fraction of sp³-hybridized carbons (Fsp3) is 1.00. The van der Waals surface area contributed by atoms with Gasteiger partial charge >= 0.3 is 0 Å². The summed E-state index contributed by atoms with van der Waals surface area (Å²) in [6.45, 7) is 4.78. The van der Waals surface area contributed by atoms with Gasteiger partial charge in [-0.05, 0) is 80.5 Å². The topological polar surface area (TPSA) is 0 Å². The van der Waals surface area contributed by atoms with Crippen LogP contribution in [0.1, 0.15) is 110 Å². The van der Waals surface area contributed by atoms with Crippen LogP contribution in [-0.2, 0) is 0 Å². The molecule has 0 amide bonds. The van der Waals surface area contributed by atoms with Gasteiger partial charge in [-0.2, -0.15) is 0 Å². The molecule has 0 radical (unpaired) electrons. The van der Waals surface area contributed by atoms with Gasteiger partial charge in [-0.25, -0.2) is 0 Å². The first-order chi connectivity index (χ1) is 11.3. The summed E-state index contributed by atoms with van der Waals surface area (Å²) in [7, 11) is 0. The maximum Gasteiger partial charge on any atom is -0.0383 e. The van der Waals surface area contributed by atoms with Crippen molar-refractivity contribution in [3.63, 3.8) is 0 Å². The molecule has 0 bridgehead atoms. The van der Waals surface area contributed by atoms with Gasteiger partial charge in [0.1, 0.15) is 0 Å². The van der Waals surface area contributed by atoms with Crippen LogP contribution in [0.4, 0.5) is 0 Å². The Morgan fingerprint density at radius 3 is 1.70 bits per heavy atom. The van der Waals surface area contributed by atoms with Crippen LogP contribution >= 0.6 is 0 Å². The Morgan fingerprint density at radius 1 is 0.565 bits per heavy atom. The second kappa shape index (κ2) is 8.91. The number of rotatable bonds is 5. The lowest BCUT2D eigenvalue weighted by Crippen LogP contribution is -2.30. The van der Waals surface area contributed by atoms with Crippen molar-refractivity contribution in [1.29, 1.82) is 0 Å². The molecule has 0 aromatic carbocycles. The van der Waals surface area contributed by atoms with Crippen LogP contribution < -0.4 is 0 Å². The molecule has 3 fully saturated rings. The van der Waals surface area contributed by atoms with Gasteiger partial charge in [0, 0.05) is 0 Å². The number of hydrogen-bond donors (Lipinski definition) is 0. The Labute approximate surface area is 146 Å². The third kappa shape index (κ3) is 4.76. The van der Waals surface area contributed by atoms with Crippen LogP contribution in [-0.4, -0.2) is 0 Å². The second-order valence-corrected chi connectivity index (χ2v) is 9.45. The molecule has 3 aliphatic rings. The van der Waals surface area contributed by atoms with Crippen molar-refractivity contribution < 1.29 is 0 Å². The Kier molecular flexibility index (Phi) is 6.90. The lowest BCUT2D eigenvalue weighted by Gasteiger charge is -2.41. The van der Waals surface area contributed by atoms with Gasteiger partial charge < -0.3 is 0 Å². The zero-order valence-electron chi connectivity index (χ0n) is 16.1. The quantitative estimate of drug-likeness (QED) is 0.489. The largest absolute Gasteiger partial charge is 0.0654 e. The maximum atomic E-state index is 2.42. The molecule has 0 spiro atoms. The summed E-state index contributed by atoms with van der Waals surface area (Å²) >= 11 is 0. The normalized spacial score (nSPS) is 42.5. The van der Waals surface area contributed by atoms with E-state index in [1.807, 2.05) is 0 Å². The van der Waals surface area contributed by atoms with Crippen molar-refractivity contribution in [3.8, 4) is 0 Å². The van der Waals surface area contributed by atoms with E-state index in [1.54, 1.807) is 64.2 Å². The summed E-state index contributed by atoms with van der Waals surface area (Å²) in [6.07, 6.45) is 23.1. The van der Waals surface area contributed by atoms with Crippen molar-refractivity contribution >= 4 is 0 Å². The van der Waals surface area contributed by atoms with Gasteiger partial charge in [-0.15, -0.1) is 0 Å². The van der Waals surface area contributed by atoms with Crippen LogP contribution in [0.2, 0.25) is 0 Å². The molecule has 134 valence electrons. The molecule has 3 rings (SSSR count). The lowest BCUT2D eigenvalue weighted by atomic mass is 9.64. The van der Waals surface area contributed by atoms with E-state index >= 15 is 0 Å². The Hall–Kier alpha value is 0. The molecular formula is C23H42. The molecule has 23 heavy (non-hydrogen) atoms. The Bertz CT molecular complexity index is 317. The van der Waals surface area contributed by atoms with Crippen LogP contribution in [0.15, 0.2) is 0 Å². The van der Waals surface area contributed by atoms with E-state index in [1.165, 1.54) is 32.1 Å². The molecule has 3 saturated carbocycles. The molecule has 0 N–H and O–H groups in total. The SMILES string of the molecule is CCCC1CCC(C2CCC(C3CCCC(CC)C3)CC2)CC1. The highest BCUT2D eigenvalue weighted by atomic mass is 14.4. The average molecular weight is 319 g/mol. The molecule has 0 aromatic rings. The molecule has 0 aliphatic heterocycles. The van der Waals surface area contributed by atoms with E-state index in [0.29, 0.717) is 0 Å². The fourth-order valence-corrected chi connectivity index (χ4v) is 6.58. The minimum atomic E-state index is 1.07. The van der Waals surface area contributed by atoms with Crippen LogP contribution in [0.25, 0.3) is 0 Å². The van der Waals surface area contributed by atoms with E-state index in [9.17, 15) is 0 Å². The standard InChI is InChI=1S/C23H42/c1-3-6-19-9-11-20(12-10-19)21-13-15-22(16-14-21)23-8-5-7-18(4-2)17-23/h18-23H,3-17H2,1-2H3. The summed E-state index contributed by atoms with van der Waals surface area (Å²) < 4.78 is 0. The second-order valence-electron chi connectivity index (χ2n) is 9.45. The first kappa shape index (κ1) is 17.8. The van der Waals surface area contributed by atoms with Gasteiger partial charge in [-0.3, -0.25) is 0 Å². The average Bonchev–Trinajstić information content (AvgIpc) is 2.63. The van der Waals surface area contributed by atoms with Crippen molar-refractivity contribution in [2.45, 2.75) is 110 Å². The highest BCUT2D eigenvalue weighted by Crippen LogP contribution is 2.46. The Morgan fingerprint density at radius 2 is 1.13 bits per heavy atom. The molecule has 0 nitrogen and oxygen atoms in total. The molecule has 0 heterocycles. The van der Waals surface area contributed by atoms with Crippen molar-refractivity contribution in [1.82, 2.24) is 0 Å². The molecular weight excluding hydrogens is 276 g/mol. The summed E-state index contributed by atoms with van der Waals surface area (Å²) in [6, 6.07) is 0. The third-order valence-electron chi connectivity index (χ3n) is 8.14. The van der Waals surface area contributed by atoms with E-state index in [-0.39, 0.29) is 0 Å². The van der Waals surface area contributed by atoms with Crippen molar-refractivity contribution in [2.75, 3.05) is 0 Å². The molecule has 3 aliphatic carbocycles. The van der Waals surface area contributed by atoms with Crippen molar-refractivity contribution in [3.05, 3.63) is 0 Å². The fourth-order valence-electron chi connectivity index (χ4n) is 6.58. The number of hydrogen-bond acceptors (Lipinski definition) is 0. The summed E-state index contributed by atoms with van der Waals surface area (Å²) in [5.41, 5.74) is 0. The predicted octanol–water partition coefficient (Wildman–Crippen LogP) is 7.62. The molecule has 0 aromatic heterocycles. The predicted molar refractivity (Wildman–Crippen MR) is 102 cm³/mol. The smallest absolute Gasteiger partial charge is 0.0383 e. The molecule has 2 atom stereocenters. The van der Waals surface area contributed by atoms with E-state index in [2.05, 4.69) is 13.8 Å². The van der Waals surface area contributed by atoms with E-state index in [4.69, 9.17) is 0 Å². The van der Waals surface area contributed by atoms with Gasteiger partial charge in [-0.1, -0.05) is 65.2 Å². The maximum absolute atomic E-state index is 2.42. The van der Waals surface area contributed by atoms with E-state index in [0.717, 1.165) is 35.5 Å². The first-order valence-corrected chi connectivity index (χ1v) is 11.3. The third-order valence-corrected chi connectivity index (χ3v) is 8.14. The molecule has 2 unspecified atom stereocenters. The van der Waals surface area contributed by atoms with Crippen LogP contribution in [0.5, 0.6) is 0 Å². The van der Waals surface area contributed by atoms with Crippen molar-refractivity contribution in [2.24, 2.45) is 35.5 Å². The Balaban J connectivity index is 1.40. The highest BCUT2D eigenvalue weighted by Gasteiger charge is 2.34. The summed E-state index contributed by atoms with van der Waals surface area (Å²) in [5.74, 6) is 6.59.